The van der Waals surface area contributed by atoms with Crippen molar-refractivity contribution in [2.45, 2.75) is 12.1 Å². The minimum absolute atomic E-state index is 0.536. The third-order valence-corrected chi connectivity index (χ3v) is 3.09. The maximum Gasteiger partial charge on any atom is 0.180 e. The number of methoxy groups -OCH3 is 1. The Labute approximate surface area is 110 Å². The molecule has 0 spiro atoms. The fourth-order valence-electron chi connectivity index (χ4n) is 2.09. The van der Waals surface area contributed by atoms with Crippen molar-refractivity contribution in [3.63, 3.8) is 0 Å². The van der Waals surface area contributed by atoms with Crippen LogP contribution in [0.15, 0.2) is 44.2 Å². The fourth-order valence-corrected chi connectivity index (χ4v) is 2.09. The van der Waals surface area contributed by atoms with E-state index in [4.69, 9.17) is 10.5 Å². The number of amidine groups is 1. The van der Waals surface area contributed by atoms with Crippen LogP contribution in [0.25, 0.3) is 0 Å². The summed E-state index contributed by atoms with van der Waals surface area (Å²) in [4.78, 5) is 16.5. The van der Waals surface area contributed by atoms with Crippen LogP contribution in [0.1, 0.15) is 5.56 Å². The van der Waals surface area contributed by atoms with E-state index in [-0.39, 0.29) is 0 Å². The van der Waals surface area contributed by atoms with E-state index in [1.807, 2.05) is 24.3 Å². The highest BCUT2D eigenvalue weighted by Crippen LogP contribution is 2.21. The predicted molar refractivity (Wildman–Crippen MR) is 75.5 cm³/mol. The van der Waals surface area contributed by atoms with Gasteiger partial charge in [0.1, 0.15) is 24.1 Å². The zero-order chi connectivity index (χ0) is 13.3. The number of aliphatic imine (C=N–C) groups is 4. The minimum Gasteiger partial charge on any atom is -0.497 e. The normalized spacial score (nSPS) is 23.9. The molecule has 1 aromatic carbocycles. The summed E-state index contributed by atoms with van der Waals surface area (Å²) in [6, 6.07) is 7.72. The molecule has 0 fully saturated rings. The maximum atomic E-state index is 6.33. The standard InChI is InChI=1S/C13H13N5O/c1-19-10-4-2-9(3-5-10)6-13(14)11-12(16-7-15-11)17-8-18-13/h2-5,7-8H,6,14H2,1H3. The lowest BCUT2D eigenvalue weighted by Crippen LogP contribution is -2.52. The average molecular weight is 255 g/mol. The van der Waals surface area contributed by atoms with Gasteiger partial charge in [0.25, 0.3) is 0 Å². The van der Waals surface area contributed by atoms with Crippen LogP contribution in [-0.2, 0) is 6.42 Å². The van der Waals surface area contributed by atoms with Crippen LogP contribution < -0.4 is 10.5 Å². The summed E-state index contributed by atoms with van der Waals surface area (Å²) in [7, 11) is 1.64. The van der Waals surface area contributed by atoms with Gasteiger partial charge in [-0.2, -0.15) is 0 Å². The van der Waals surface area contributed by atoms with Crippen LogP contribution in [0.2, 0.25) is 0 Å². The monoisotopic (exact) mass is 255 g/mol. The Balaban J connectivity index is 1.86. The third kappa shape index (κ3) is 2.06. The molecular formula is C13H13N5O. The summed E-state index contributed by atoms with van der Waals surface area (Å²) in [5.41, 5.74) is 7.09. The van der Waals surface area contributed by atoms with E-state index < -0.39 is 5.66 Å². The number of rotatable bonds is 3. The summed E-state index contributed by atoms with van der Waals surface area (Å²) >= 11 is 0. The van der Waals surface area contributed by atoms with Gasteiger partial charge in [0, 0.05) is 6.42 Å². The molecule has 0 saturated carbocycles. The van der Waals surface area contributed by atoms with E-state index in [9.17, 15) is 0 Å². The van der Waals surface area contributed by atoms with Gasteiger partial charge >= 0.3 is 0 Å². The van der Waals surface area contributed by atoms with E-state index >= 15 is 0 Å². The van der Waals surface area contributed by atoms with E-state index in [1.165, 1.54) is 12.7 Å². The first-order valence-corrected chi connectivity index (χ1v) is 5.86. The number of nitrogens with two attached hydrogens (primary N) is 1. The third-order valence-electron chi connectivity index (χ3n) is 3.09. The molecule has 1 aromatic rings. The summed E-state index contributed by atoms with van der Waals surface area (Å²) in [6.45, 7) is 0. The Kier molecular flexibility index (Phi) is 2.72. The van der Waals surface area contributed by atoms with Crippen LogP contribution in [0.5, 0.6) is 5.75 Å². The molecule has 2 heterocycles. The van der Waals surface area contributed by atoms with Gasteiger partial charge in [-0.25, -0.2) is 20.0 Å². The minimum atomic E-state index is -0.901. The highest BCUT2D eigenvalue weighted by Gasteiger charge is 2.37. The Hall–Kier alpha value is -2.34. The van der Waals surface area contributed by atoms with Crippen molar-refractivity contribution < 1.29 is 4.74 Å². The lowest BCUT2D eigenvalue weighted by atomic mass is 9.94. The van der Waals surface area contributed by atoms with Gasteiger partial charge in [0.05, 0.1) is 7.11 Å². The summed E-state index contributed by atoms with van der Waals surface area (Å²) in [5, 5.41) is 0. The van der Waals surface area contributed by atoms with Crippen molar-refractivity contribution in [1.29, 1.82) is 0 Å². The van der Waals surface area contributed by atoms with Gasteiger partial charge in [-0.15, -0.1) is 0 Å². The first-order chi connectivity index (χ1) is 9.21. The summed E-state index contributed by atoms with van der Waals surface area (Å²) in [6.07, 6.45) is 3.44. The molecule has 0 bridgehead atoms. The predicted octanol–water partition coefficient (Wildman–Crippen LogP) is 0.816. The number of benzene rings is 1. The maximum absolute atomic E-state index is 6.33. The highest BCUT2D eigenvalue weighted by atomic mass is 16.5. The smallest absolute Gasteiger partial charge is 0.180 e. The molecule has 0 aromatic heterocycles. The molecule has 0 aliphatic carbocycles. The van der Waals surface area contributed by atoms with Crippen LogP contribution in [-0.4, -0.2) is 37.0 Å². The molecule has 2 N–H and O–H groups in total. The zero-order valence-corrected chi connectivity index (χ0v) is 10.4. The van der Waals surface area contributed by atoms with Gasteiger partial charge in [-0.3, -0.25) is 0 Å². The van der Waals surface area contributed by atoms with E-state index in [1.54, 1.807) is 7.11 Å². The molecule has 2 aliphatic heterocycles. The number of hydrogen-bond acceptors (Lipinski definition) is 6. The van der Waals surface area contributed by atoms with Crippen molar-refractivity contribution in [2.24, 2.45) is 25.7 Å². The molecule has 1 unspecified atom stereocenters. The Morgan fingerprint density at radius 2 is 1.95 bits per heavy atom. The van der Waals surface area contributed by atoms with Crippen molar-refractivity contribution in [3.8, 4) is 5.75 Å². The SMILES string of the molecule is COc1ccc(CC2(N)N=CN=C3N=CN=C32)cc1. The molecule has 0 radical (unpaired) electrons. The molecule has 6 nitrogen and oxygen atoms in total. The second-order valence-electron chi connectivity index (χ2n) is 4.37. The molecule has 3 rings (SSSR count). The molecular weight excluding hydrogens is 242 g/mol. The zero-order valence-electron chi connectivity index (χ0n) is 10.4. The lowest BCUT2D eigenvalue weighted by molar-refractivity contribution is 0.414. The van der Waals surface area contributed by atoms with Crippen LogP contribution in [0, 0.1) is 0 Å². The van der Waals surface area contributed by atoms with Crippen molar-refractivity contribution in [1.82, 2.24) is 0 Å². The molecule has 0 saturated heterocycles. The largest absolute Gasteiger partial charge is 0.497 e. The van der Waals surface area contributed by atoms with Gasteiger partial charge in [-0.1, -0.05) is 12.1 Å². The topological polar surface area (TPSA) is 84.7 Å². The van der Waals surface area contributed by atoms with Crippen LogP contribution >= 0.6 is 0 Å². The number of hydrogen-bond donors (Lipinski definition) is 1. The second-order valence-corrected chi connectivity index (χ2v) is 4.37. The Morgan fingerprint density at radius 3 is 2.68 bits per heavy atom. The highest BCUT2D eigenvalue weighted by molar-refractivity contribution is 6.50. The summed E-state index contributed by atoms with van der Waals surface area (Å²) in [5.74, 6) is 1.36. The summed E-state index contributed by atoms with van der Waals surface area (Å²) < 4.78 is 5.13. The van der Waals surface area contributed by atoms with Gasteiger partial charge in [-0.05, 0) is 17.7 Å². The van der Waals surface area contributed by atoms with Gasteiger partial charge in [0.15, 0.2) is 11.5 Å². The van der Waals surface area contributed by atoms with Crippen molar-refractivity contribution in [2.75, 3.05) is 7.11 Å². The first kappa shape index (κ1) is 11.7. The number of fused-ring (bicyclic) bond motifs is 1. The van der Waals surface area contributed by atoms with E-state index in [0.29, 0.717) is 18.0 Å². The number of nitrogens with zero attached hydrogens (tertiary/aromatic N) is 4. The van der Waals surface area contributed by atoms with Crippen molar-refractivity contribution in [3.05, 3.63) is 29.8 Å². The van der Waals surface area contributed by atoms with Crippen LogP contribution in [0.3, 0.4) is 0 Å². The quantitative estimate of drug-likeness (QED) is 0.866. The van der Waals surface area contributed by atoms with E-state index in [0.717, 1.165) is 11.3 Å². The Bertz CT molecular complexity index is 614. The second kappa shape index (κ2) is 4.40. The van der Waals surface area contributed by atoms with E-state index in [2.05, 4.69) is 20.0 Å². The van der Waals surface area contributed by atoms with Gasteiger partial charge in [0.2, 0.25) is 0 Å². The fraction of sp³-hybridized carbons (Fsp3) is 0.231. The molecule has 19 heavy (non-hydrogen) atoms. The molecule has 96 valence electrons. The Morgan fingerprint density at radius 1 is 1.16 bits per heavy atom. The lowest BCUT2D eigenvalue weighted by Gasteiger charge is -2.26. The van der Waals surface area contributed by atoms with Gasteiger partial charge < -0.3 is 10.5 Å². The molecule has 6 heteroatoms. The molecule has 1 atom stereocenters. The van der Waals surface area contributed by atoms with Crippen molar-refractivity contribution >= 4 is 24.2 Å². The average Bonchev–Trinajstić information content (AvgIpc) is 2.90. The molecule has 2 aliphatic rings. The number of ether oxygens (including phenoxy) is 1. The van der Waals surface area contributed by atoms with Crippen LogP contribution in [0.4, 0.5) is 0 Å². The molecule has 0 amide bonds. The first-order valence-electron chi connectivity index (χ1n) is 5.86.